The first kappa shape index (κ1) is 30.2. The van der Waals surface area contributed by atoms with E-state index in [1.165, 1.54) is 0 Å². The van der Waals surface area contributed by atoms with Crippen LogP contribution in [-0.4, -0.2) is 60.2 Å². The van der Waals surface area contributed by atoms with Crippen molar-refractivity contribution < 1.29 is 23.9 Å². The van der Waals surface area contributed by atoms with Gasteiger partial charge in [0.25, 0.3) is 0 Å². The second-order valence-electron chi connectivity index (χ2n) is 9.75. The third-order valence-corrected chi connectivity index (χ3v) is 7.27. The molecule has 1 aliphatic heterocycles. The number of hydrogen-bond donors (Lipinski definition) is 5. The largest absolute Gasteiger partial charge is 0.466 e. The van der Waals surface area contributed by atoms with Crippen LogP contribution >= 0.6 is 12.6 Å². The molecule has 210 valence electrons. The molecule has 9 nitrogen and oxygen atoms in total. The maximum atomic E-state index is 13.6. The van der Waals surface area contributed by atoms with Gasteiger partial charge in [0.2, 0.25) is 17.7 Å². The number of carbonyl (C=O) groups excluding carboxylic acids is 4. The highest BCUT2D eigenvalue weighted by Gasteiger charge is 2.34. The Morgan fingerprint density at radius 1 is 1.00 bits per heavy atom. The number of ether oxygens (including phenoxy) is 1. The van der Waals surface area contributed by atoms with E-state index in [0.29, 0.717) is 25.8 Å². The highest BCUT2D eigenvalue weighted by molar-refractivity contribution is 7.81. The monoisotopic (exact) mass is 554 g/mol. The van der Waals surface area contributed by atoms with Gasteiger partial charge in [-0.25, -0.2) is 0 Å². The number of esters is 1. The highest BCUT2D eigenvalue weighted by atomic mass is 32.1. The summed E-state index contributed by atoms with van der Waals surface area (Å²) in [6.07, 6.45) is 1.47. The lowest BCUT2D eigenvalue weighted by atomic mass is 9.94. The van der Waals surface area contributed by atoms with Gasteiger partial charge in [-0.1, -0.05) is 60.7 Å². The SMILES string of the molecule is CCOC(=O)C[C@H](S)[C@H](C[C@@H]1CCNC1=O)NC(=O)[C@H](Cc1ccccc1)NC(=O)[C@H](N)Cc1ccccc1. The smallest absolute Gasteiger partial charge is 0.306 e. The molecule has 1 heterocycles. The third-order valence-electron chi connectivity index (χ3n) is 6.73. The minimum atomic E-state index is -0.926. The van der Waals surface area contributed by atoms with Crippen LogP contribution in [0.4, 0.5) is 0 Å². The predicted octanol–water partition coefficient (Wildman–Crippen LogP) is 1.55. The fraction of sp³-hybridized carbons (Fsp3) is 0.448. The van der Waals surface area contributed by atoms with Gasteiger partial charge in [-0.3, -0.25) is 19.2 Å². The van der Waals surface area contributed by atoms with Crippen molar-refractivity contribution in [3.8, 4) is 0 Å². The molecule has 0 unspecified atom stereocenters. The molecule has 0 bridgehead atoms. The zero-order valence-corrected chi connectivity index (χ0v) is 23.1. The van der Waals surface area contributed by atoms with Gasteiger partial charge in [0, 0.05) is 30.2 Å². The number of nitrogens with one attached hydrogen (secondary N) is 3. The number of carbonyl (C=O) groups is 4. The summed E-state index contributed by atoms with van der Waals surface area (Å²) in [5, 5.41) is 8.00. The van der Waals surface area contributed by atoms with Crippen LogP contribution in [0.5, 0.6) is 0 Å². The number of rotatable bonds is 14. The van der Waals surface area contributed by atoms with Crippen molar-refractivity contribution in [1.82, 2.24) is 16.0 Å². The number of hydrogen-bond acceptors (Lipinski definition) is 7. The molecule has 0 saturated carbocycles. The Hall–Kier alpha value is -3.37. The maximum Gasteiger partial charge on any atom is 0.306 e. The fourth-order valence-electron chi connectivity index (χ4n) is 4.60. The summed E-state index contributed by atoms with van der Waals surface area (Å²) in [5.74, 6) is -1.73. The van der Waals surface area contributed by atoms with Gasteiger partial charge in [0.1, 0.15) is 6.04 Å². The van der Waals surface area contributed by atoms with Gasteiger partial charge < -0.3 is 26.4 Å². The minimum absolute atomic E-state index is 0.0338. The van der Waals surface area contributed by atoms with Gasteiger partial charge in [-0.2, -0.15) is 12.6 Å². The van der Waals surface area contributed by atoms with Crippen molar-refractivity contribution in [2.75, 3.05) is 13.2 Å². The lowest BCUT2D eigenvalue weighted by Crippen LogP contribution is -2.56. The van der Waals surface area contributed by atoms with E-state index in [1.807, 2.05) is 60.7 Å². The Labute approximate surface area is 235 Å². The number of nitrogens with two attached hydrogens (primary N) is 1. The van der Waals surface area contributed by atoms with E-state index in [9.17, 15) is 19.2 Å². The Bertz CT molecular complexity index is 1100. The average molecular weight is 555 g/mol. The molecule has 1 aliphatic rings. The number of thiol groups is 1. The van der Waals surface area contributed by atoms with Gasteiger partial charge in [0.05, 0.1) is 19.1 Å². The molecule has 2 aromatic carbocycles. The fourth-order valence-corrected chi connectivity index (χ4v) is 4.95. The lowest BCUT2D eigenvalue weighted by molar-refractivity contribution is -0.143. The van der Waals surface area contributed by atoms with Crippen LogP contribution in [0.2, 0.25) is 0 Å². The molecule has 1 fully saturated rings. The quantitative estimate of drug-likeness (QED) is 0.177. The Kier molecular flexibility index (Phi) is 11.8. The van der Waals surface area contributed by atoms with Crippen LogP contribution in [0.1, 0.15) is 37.3 Å². The van der Waals surface area contributed by atoms with Crippen molar-refractivity contribution >= 4 is 36.3 Å². The van der Waals surface area contributed by atoms with E-state index >= 15 is 0 Å². The molecule has 0 aromatic heterocycles. The normalized spacial score (nSPS) is 17.8. The van der Waals surface area contributed by atoms with E-state index < -0.39 is 41.2 Å². The van der Waals surface area contributed by atoms with Crippen LogP contribution in [-0.2, 0) is 36.8 Å². The van der Waals surface area contributed by atoms with Gasteiger partial charge in [0.15, 0.2) is 0 Å². The molecule has 39 heavy (non-hydrogen) atoms. The van der Waals surface area contributed by atoms with Gasteiger partial charge >= 0.3 is 5.97 Å². The van der Waals surface area contributed by atoms with E-state index in [1.54, 1.807) is 6.92 Å². The Balaban J connectivity index is 1.76. The zero-order chi connectivity index (χ0) is 28.2. The molecule has 5 N–H and O–H groups in total. The summed E-state index contributed by atoms with van der Waals surface area (Å²) >= 11 is 4.61. The van der Waals surface area contributed by atoms with Crippen molar-refractivity contribution in [1.29, 1.82) is 0 Å². The topological polar surface area (TPSA) is 140 Å². The second kappa shape index (κ2) is 15.3. The first-order valence-electron chi connectivity index (χ1n) is 13.3. The lowest BCUT2D eigenvalue weighted by Gasteiger charge is -2.29. The molecule has 5 atom stereocenters. The zero-order valence-electron chi connectivity index (χ0n) is 22.2. The minimum Gasteiger partial charge on any atom is -0.466 e. The molecule has 3 rings (SSSR count). The highest BCUT2D eigenvalue weighted by Crippen LogP contribution is 2.22. The summed E-state index contributed by atoms with van der Waals surface area (Å²) in [5.41, 5.74) is 7.97. The molecular weight excluding hydrogens is 516 g/mol. The number of benzene rings is 2. The average Bonchev–Trinajstić information content (AvgIpc) is 3.33. The van der Waals surface area contributed by atoms with Gasteiger partial charge in [-0.05, 0) is 37.3 Å². The Morgan fingerprint density at radius 2 is 1.62 bits per heavy atom. The van der Waals surface area contributed by atoms with Gasteiger partial charge in [-0.15, -0.1) is 0 Å². The summed E-state index contributed by atoms with van der Waals surface area (Å²) in [6, 6.07) is 16.4. The predicted molar refractivity (Wildman–Crippen MR) is 152 cm³/mol. The van der Waals surface area contributed by atoms with Crippen LogP contribution in [0.25, 0.3) is 0 Å². The first-order chi connectivity index (χ1) is 18.8. The first-order valence-corrected chi connectivity index (χ1v) is 13.8. The molecule has 10 heteroatoms. The molecule has 0 radical (unpaired) electrons. The van der Waals surface area contributed by atoms with E-state index in [4.69, 9.17) is 10.5 Å². The standard InChI is InChI=1S/C29H38N4O5S/c1-2-38-26(34)18-25(39)23(17-21-13-14-31-27(21)35)32-29(37)24(16-20-11-7-4-8-12-20)33-28(36)22(30)15-19-9-5-3-6-10-19/h3-12,21-25,39H,2,13-18,30H2,1H3,(H,31,35)(H,32,37)(H,33,36)/t21-,22+,23-,24-,25-/m0/s1. The Morgan fingerprint density at radius 3 is 2.18 bits per heavy atom. The van der Waals surface area contributed by atoms with E-state index in [-0.39, 0.29) is 31.3 Å². The molecular formula is C29H38N4O5S. The molecule has 0 aliphatic carbocycles. The molecule has 0 spiro atoms. The summed E-state index contributed by atoms with van der Waals surface area (Å²) in [6.45, 7) is 2.51. The third kappa shape index (κ3) is 9.71. The van der Waals surface area contributed by atoms with Crippen molar-refractivity contribution in [3.05, 3.63) is 71.8 Å². The second-order valence-corrected chi connectivity index (χ2v) is 10.4. The van der Waals surface area contributed by atoms with Crippen LogP contribution in [0.15, 0.2) is 60.7 Å². The van der Waals surface area contributed by atoms with Crippen LogP contribution < -0.4 is 21.7 Å². The molecule has 1 saturated heterocycles. The summed E-state index contributed by atoms with van der Waals surface area (Å²) in [7, 11) is 0. The summed E-state index contributed by atoms with van der Waals surface area (Å²) in [4.78, 5) is 51.1. The molecule has 2 aromatic rings. The van der Waals surface area contributed by atoms with Crippen LogP contribution in [0, 0.1) is 5.92 Å². The maximum absolute atomic E-state index is 13.6. The van der Waals surface area contributed by atoms with Crippen LogP contribution in [0.3, 0.4) is 0 Å². The molecule has 3 amide bonds. The summed E-state index contributed by atoms with van der Waals surface area (Å²) < 4.78 is 5.06. The van der Waals surface area contributed by atoms with Crippen molar-refractivity contribution in [2.45, 2.75) is 62.4 Å². The van der Waals surface area contributed by atoms with Crippen molar-refractivity contribution in [2.24, 2.45) is 11.7 Å². The van der Waals surface area contributed by atoms with Crippen molar-refractivity contribution in [3.63, 3.8) is 0 Å². The van der Waals surface area contributed by atoms with E-state index in [2.05, 4.69) is 28.6 Å². The van der Waals surface area contributed by atoms with E-state index in [0.717, 1.165) is 11.1 Å². The number of amides is 3.